The molecule has 0 fully saturated rings. The van der Waals surface area contributed by atoms with Gasteiger partial charge in [-0.2, -0.15) is 0 Å². The van der Waals surface area contributed by atoms with Crippen LogP contribution in [0.3, 0.4) is 0 Å². The maximum Gasteiger partial charge on any atom is 0.222 e. The summed E-state index contributed by atoms with van der Waals surface area (Å²) in [6, 6.07) is 5.82. The van der Waals surface area contributed by atoms with E-state index in [-0.39, 0.29) is 11.7 Å². The molecule has 0 saturated carbocycles. The first-order valence-corrected chi connectivity index (χ1v) is 6.46. The molecule has 0 aliphatic heterocycles. The summed E-state index contributed by atoms with van der Waals surface area (Å²) < 4.78 is 18.1. The van der Waals surface area contributed by atoms with Gasteiger partial charge in [-0.3, -0.25) is 4.79 Å². The number of halogens is 1. The minimum absolute atomic E-state index is 0.0937. The Labute approximate surface area is 113 Å². The van der Waals surface area contributed by atoms with Crippen molar-refractivity contribution in [1.82, 2.24) is 4.90 Å². The van der Waals surface area contributed by atoms with E-state index in [1.807, 2.05) is 0 Å². The van der Waals surface area contributed by atoms with Gasteiger partial charge in [-0.25, -0.2) is 4.39 Å². The van der Waals surface area contributed by atoms with Crippen LogP contribution in [0.15, 0.2) is 24.3 Å². The number of carbonyl (C=O) groups is 1. The van der Waals surface area contributed by atoms with Gasteiger partial charge >= 0.3 is 0 Å². The smallest absolute Gasteiger partial charge is 0.222 e. The van der Waals surface area contributed by atoms with Crippen molar-refractivity contribution in [2.75, 3.05) is 26.7 Å². The second-order valence-electron chi connectivity index (χ2n) is 4.36. The number of rotatable bonds is 8. The molecule has 1 aromatic carbocycles. The van der Waals surface area contributed by atoms with Gasteiger partial charge in [0.2, 0.25) is 5.91 Å². The molecule has 5 heteroatoms. The SMILES string of the molecule is CN(CCOc1ccc(F)cc1)C(=O)CCCCN. The Kier molecular flexibility index (Phi) is 6.89. The zero-order valence-corrected chi connectivity index (χ0v) is 11.3. The quantitative estimate of drug-likeness (QED) is 0.731. The van der Waals surface area contributed by atoms with Crippen LogP contribution >= 0.6 is 0 Å². The summed E-state index contributed by atoms with van der Waals surface area (Å²) in [5, 5.41) is 0. The third-order valence-corrected chi connectivity index (χ3v) is 2.78. The molecule has 19 heavy (non-hydrogen) atoms. The van der Waals surface area contributed by atoms with Crippen molar-refractivity contribution in [1.29, 1.82) is 0 Å². The van der Waals surface area contributed by atoms with Crippen LogP contribution in [-0.2, 0) is 4.79 Å². The highest BCUT2D eigenvalue weighted by Gasteiger charge is 2.07. The number of amides is 1. The molecular weight excluding hydrogens is 247 g/mol. The predicted molar refractivity (Wildman–Crippen MR) is 72.4 cm³/mol. The number of hydrogen-bond donors (Lipinski definition) is 1. The molecule has 0 aliphatic rings. The minimum Gasteiger partial charge on any atom is -0.492 e. The summed E-state index contributed by atoms with van der Waals surface area (Å²) in [4.78, 5) is 13.3. The van der Waals surface area contributed by atoms with Gasteiger partial charge in [-0.1, -0.05) is 0 Å². The number of nitrogens with two attached hydrogens (primary N) is 1. The third kappa shape index (κ3) is 6.20. The van der Waals surface area contributed by atoms with E-state index in [0.29, 0.717) is 31.9 Å². The number of hydrogen-bond acceptors (Lipinski definition) is 3. The number of likely N-dealkylation sites (N-methyl/N-ethyl adjacent to an activating group) is 1. The van der Waals surface area contributed by atoms with Crippen LogP contribution in [0.25, 0.3) is 0 Å². The number of nitrogens with zero attached hydrogens (tertiary/aromatic N) is 1. The van der Waals surface area contributed by atoms with Crippen LogP contribution < -0.4 is 10.5 Å². The molecule has 0 heterocycles. The van der Waals surface area contributed by atoms with Gasteiger partial charge in [0.15, 0.2) is 0 Å². The minimum atomic E-state index is -0.292. The first-order chi connectivity index (χ1) is 9.13. The molecule has 0 bridgehead atoms. The van der Waals surface area contributed by atoms with E-state index in [0.717, 1.165) is 12.8 Å². The van der Waals surface area contributed by atoms with Crippen molar-refractivity contribution in [3.8, 4) is 5.75 Å². The van der Waals surface area contributed by atoms with Crippen LogP contribution in [-0.4, -0.2) is 37.6 Å². The first kappa shape index (κ1) is 15.4. The summed E-state index contributed by atoms with van der Waals surface area (Å²) >= 11 is 0. The molecule has 0 saturated heterocycles. The Morgan fingerprint density at radius 1 is 1.32 bits per heavy atom. The van der Waals surface area contributed by atoms with Crippen LogP contribution in [0.2, 0.25) is 0 Å². The number of unbranched alkanes of at least 4 members (excludes halogenated alkanes) is 1. The van der Waals surface area contributed by atoms with Crippen LogP contribution in [0, 0.1) is 5.82 Å². The lowest BCUT2D eigenvalue weighted by Gasteiger charge is -2.17. The van der Waals surface area contributed by atoms with Gasteiger partial charge in [-0.05, 0) is 43.7 Å². The highest BCUT2D eigenvalue weighted by Crippen LogP contribution is 2.10. The molecule has 0 atom stereocenters. The summed E-state index contributed by atoms with van der Waals surface area (Å²) in [6.45, 7) is 1.52. The van der Waals surface area contributed by atoms with Gasteiger partial charge in [-0.15, -0.1) is 0 Å². The normalized spacial score (nSPS) is 10.3. The molecule has 106 valence electrons. The second-order valence-corrected chi connectivity index (χ2v) is 4.36. The maximum atomic E-state index is 12.7. The average molecular weight is 268 g/mol. The number of ether oxygens (including phenoxy) is 1. The Morgan fingerprint density at radius 2 is 2.00 bits per heavy atom. The lowest BCUT2D eigenvalue weighted by atomic mass is 10.2. The van der Waals surface area contributed by atoms with Gasteiger partial charge < -0.3 is 15.4 Å². The maximum absolute atomic E-state index is 12.7. The zero-order valence-electron chi connectivity index (χ0n) is 11.3. The zero-order chi connectivity index (χ0) is 14.1. The third-order valence-electron chi connectivity index (χ3n) is 2.78. The fourth-order valence-electron chi connectivity index (χ4n) is 1.57. The van der Waals surface area contributed by atoms with E-state index in [2.05, 4.69) is 0 Å². The van der Waals surface area contributed by atoms with E-state index in [1.54, 1.807) is 24.1 Å². The van der Waals surface area contributed by atoms with E-state index < -0.39 is 0 Å². The fraction of sp³-hybridized carbons (Fsp3) is 0.500. The topological polar surface area (TPSA) is 55.6 Å². The summed E-state index contributed by atoms with van der Waals surface area (Å²) in [5.41, 5.74) is 5.37. The Bertz CT molecular complexity index is 382. The monoisotopic (exact) mass is 268 g/mol. The molecule has 0 aliphatic carbocycles. The van der Waals surface area contributed by atoms with Gasteiger partial charge in [0.05, 0.1) is 6.54 Å². The summed E-state index contributed by atoms with van der Waals surface area (Å²) in [7, 11) is 1.75. The van der Waals surface area contributed by atoms with Gasteiger partial charge in [0.25, 0.3) is 0 Å². The Hall–Kier alpha value is -1.62. The molecule has 1 amide bonds. The van der Waals surface area contributed by atoms with Crippen LogP contribution in [0.1, 0.15) is 19.3 Å². The molecule has 1 aromatic rings. The Morgan fingerprint density at radius 3 is 2.63 bits per heavy atom. The molecule has 0 spiro atoms. The second kappa shape index (κ2) is 8.48. The molecule has 0 radical (unpaired) electrons. The standard InChI is InChI=1S/C14H21FN2O2/c1-17(14(18)4-2-3-9-16)10-11-19-13-7-5-12(15)6-8-13/h5-8H,2-4,9-11,16H2,1H3. The number of carbonyl (C=O) groups excluding carboxylic acids is 1. The largest absolute Gasteiger partial charge is 0.492 e. The molecule has 2 N–H and O–H groups in total. The van der Waals surface area contributed by atoms with Gasteiger partial charge in [0, 0.05) is 13.5 Å². The molecular formula is C14H21FN2O2. The van der Waals surface area contributed by atoms with Crippen molar-refractivity contribution >= 4 is 5.91 Å². The van der Waals surface area contributed by atoms with Crippen molar-refractivity contribution < 1.29 is 13.9 Å². The molecule has 0 unspecified atom stereocenters. The molecule has 0 aromatic heterocycles. The summed E-state index contributed by atoms with van der Waals surface area (Å²) in [6.07, 6.45) is 2.20. The molecule has 4 nitrogen and oxygen atoms in total. The fourth-order valence-corrected chi connectivity index (χ4v) is 1.57. The van der Waals surface area contributed by atoms with E-state index in [9.17, 15) is 9.18 Å². The van der Waals surface area contributed by atoms with Gasteiger partial charge in [0.1, 0.15) is 18.2 Å². The average Bonchev–Trinajstić information content (AvgIpc) is 2.41. The highest BCUT2D eigenvalue weighted by molar-refractivity contribution is 5.75. The van der Waals surface area contributed by atoms with E-state index in [4.69, 9.17) is 10.5 Å². The van der Waals surface area contributed by atoms with Crippen LogP contribution in [0.4, 0.5) is 4.39 Å². The van der Waals surface area contributed by atoms with E-state index in [1.165, 1.54) is 12.1 Å². The van der Waals surface area contributed by atoms with Crippen molar-refractivity contribution in [3.05, 3.63) is 30.1 Å². The van der Waals surface area contributed by atoms with E-state index >= 15 is 0 Å². The first-order valence-electron chi connectivity index (χ1n) is 6.46. The van der Waals surface area contributed by atoms with Crippen molar-refractivity contribution in [3.63, 3.8) is 0 Å². The lowest BCUT2D eigenvalue weighted by molar-refractivity contribution is -0.130. The van der Waals surface area contributed by atoms with Crippen molar-refractivity contribution in [2.45, 2.75) is 19.3 Å². The highest BCUT2D eigenvalue weighted by atomic mass is 19.1. The molecule has 1 rings (SSSR count). The van der Waals surface area contributed by atoms with Crippen LogP contribution in [0.5, 0.6) is 5.75 Å². The number of benzene rings is 1. The summed E-state index contributed by atoms with van der Waals surface area (Å²) in [5.74, 6) is 0.404. The lowest BCUT2D eigenvalue weighted by Crippen LogP contribution is -2.30. The van der Waals surface area contributed by atoms with Crippen molar-refractivity contribution in [2.24, 2.45) is 5.73 Å². The Balaban J connectivity index is 2.20. The predicted octanol–water partition coefficient (Wildman–Crippen LogP) is 1.79.